The normalized spacial score (nSPS) is 11.1. The first-order valence-electron chi connectivity index (χ1n) is 10.2. The molecule has 2 aromatic heterocycles. The molecule has 32 heavy (non-hydrogen) atoms. The highest BCUT2D eigenvalue weighted by Crippen LogP contribution is 2.19. The van der Waals surface area contributed by atoms with Crippen LogP contribution in [-0.4, -0.2) is 24.8 Å². The Morgan fingerprint density at radius 2 is 1.84 bits per heavy atom. The molecule has 0 saturated carbocycles. The Labute approximate surface area is 183 Å². The number of carbonyl (C=O) groups is 1. The van der Waals surface area contributed by atoms with E-state index in [1.54, 1.807) is 0 Å². The van der Waals surface area contributed by atoms with Crippen LogP contribution in [0, 0.1) is 24.0 Å². The van der Waals surface area contributed by atoms with E-state index in [0.717, 1.165) is 24.4 Å². The molecule has 0 unspecified atom stereocenters. The Bertz CT molecular complexity index is 1390. The van der Waals surface area contributed by atoms with E-state index in [-0.39, 0.29) is 28.9 Å². The summed E-state index contributed by atoms with van der Waals surface area (Å²) in [5.74, 6) is -0.186. The largest absolute Gasteiger partial charge is 0.348 e. The van der Waals surface area contributed by atoms with Gasteiger partial charge in [-0.05, 0) is 38.0 Å². The lowest BCUT2D eigenvalue weighted by Gasteiger charge is -2.10. The molecule has 0 bridgehead atoms. The van der Waals surface area contributed by atoms with Gasteiger partial charge in [-0.25, -0.2) is 4.98 Å². The molecule has 8 heteroatoms. The number of nitro groups is 1. The molecule has 0 aliphatic heterocycles. The average Bonchev–Trinajstić information content (AvgIpc) is 3.08. The molecular weight excluding hydrogens is 408 g/mol. The second kappa shape index (κ2) is 8.58. The van der Waals surface area contributed by atoms with Crippen LogP contribution in [0.15, 0.2) is 65.7 Å². The van der Waals surface area contributed by atoms with Crippen molar-refractivity contribution in [3.63, 3.8) is 0 Å². The van der Waals surface area contributed by atoms with Gasteiger partial charge in [0.15, 0.2) is 5.78 Å². The van der Waals surface area contributed by atoms with E-state index < -0.39 is 10.5 Å². The third-order valence-corrected chi connectivity index (χ3v) is 5.67. The van der Waals surface area contributed by atoms with Gasteiger partial charge in [0.25, 0.3) is 11.2 Å². The number of nitro benzene ring substituents is 1. The second-order valence-electron chi connectivity index (χ2n) is 7.73. The number of non-ortho nitro benzene ring substituents is 1. The van der Waals surface area contributed by atoms with E-state index >= 15 is 0 Å². The first kappa shape index (κ1) is 21.2. The van der Waals surface area contributed by atoms with Gasteiger partial charge in [0.2, 0.25) is 0 Å². The highest BCUT2D eigenvalue weighted by molar-refractivity contribution is 5.97. The summed E-state index contributed by atoms with van der Waals surface area (Å²) in [5, 5.41) is 11.2. The van der Waals surface area contributed by atoms with E-state index in [1.807, 2.05) is 38.1 Å². The van der Waals surface area contributed by atoms with Crippen molar-refractivity contribution in [2.24, 2.45) is 0 Å². The van der Waals surface area contributed by atoms with Crippen molar-refractivity contribution in [2.75, 3.05) is 0 Å². The summed E-state index contributed by atoms with van der Waals surface area (Å²) in [4.78, 5) is 40.3. The zero-order chi connectivity index (χ0) is 22.8. The molecule has 0 fully saturated rings. The maximum absolute atomic E-state index is 13.0. The van der Waals surface area contributed by atoms with Crippen LogP contribution >= 0.6 is 0 Å². The molecule has 162 valence electrons. The smallest absolute Gasteiger partial charge is 0.271 e. The monoisotopic (exact) mass is 430 g/mol. The van der Waals surface area contributed by atoms with Crippen molar-refractivity contribution in [1.29, 1.82) is 0 Å². The standard InChI is InChI=1S/C24H22N4O4/c1-16-12-21(17(2)27(16)11-10-18-6-4-3-5-7-18)23(29)14-26-15-25-22-13-19(28(31)32)8-9-20(22)24(26)30/h3-9,12-13,15H,10-11,14H2,1-2H3. The lowest BCUT2D eigenvalue weighted by molar-refractivity contribution is -0.384. The van der Waals surface area contributed by atoms with Crippen molar-refractivity contribution < 1.29 is 9.72 Å². The second-order valence-corrected chi connectivity index (χ2v) is 7.73. The van der Waals surface area contributed by atoms with Gasteiger partial charge in [0.05, 0.1) is 28.7 Å². The van der Waals surface area contributed by atoms with Crippen LogP contribution in [0.5, 0.6) is 0 Å². The number of ketones is 1. The first-order chi connectivity index (χ1) is 15.3. The lowest BCUT2D eigenvalue weighted by atomic mass is 10.1. The number of hydrogen-bond acceptors (Lipinski definition) is 5. The molecule has 0 atom stereocenters. The molecule has 0 aliphatic rings. The number of Topliss-reactive ketones (excluding diaryl/α,β-unsaturated/α-hetero) is 1. The molecule has 0 saturated heterocycles. The van der Waals surface area contributed by atoms with Crippen molar-refractivity contribution in [2.45, 2.75) is 33.4 Å². The molecule has 0 radical (unpaired) electrons. The summed E-state index contributed by atoms with van der Waals surface area (Å²) < 4.78 is 3.35. The van der Waals surface area contributed by atoms with Crippen molar-refractivity contribution in [3.8, 4) is 0 Å². The number of aromatic nitrogens is 3. The van der Waals surface area contributed by atoms with Crippen LogP contribution in [0.2, 0.25) is 0 Å². The fourth-order valence-electron chi connectivity index (χ4n) is 3.93. The van der Waals surface area contributed by atoms with Gasteiger partial charge >= 0.3 is 0 Å². The average molecular weight is 430 g/mol. The van der Waals surface area contributed by atoms with Gasteiger partial charge in [-0.3, -0.25) is 24.3 Å². The summed E-state index contributed by atoms with van der Waals surface area (Å²) >= 11 is 0. The SMILES string of the molecule is Cc1cc(C(=O)Cn2cnc3cc([N+](=O)[O-])ccc3c2=O)c(C)n1CCc1ccccc1. The molecule has 4 rings (SSSR count). The summed E-state index contributed by atoms with van der Waals surface area (Å²) in [6.45, 7) is 4.48. The first-order valence-corrected chi connectivity index (χ1v) is 10.2. The zero-order valence-electron chi connectivity index (χ0n) is 17.8. The molecule has 4 aromatic rings. The Morgan fingerprint density at radius 1 is 1.09 bits per heavy atom. The van der Waals surface area contributed by atoms with E-state index in [1.165, 1.54) is 34.7 Å². The number of fused-ring (bicyclic) bond motifs is 1. The van der Waals surface area contributed by atoms with E-state index in [0.29, 0.717) is 5.56 Å². The number of carbonyl (C=O) groups excluding carboxylic acids is 1. The molecule has 8 nitrogen and oxygen atoms in total. The third-order valence-electron chi connectivity index (χ3n) is 5.67. The molecule has 0 aliphatic carbocycles. The molecule has 0 spiro atoms. The van der Waals surface area contributed by atoms with Gasteiger partial charge in [-0.15, -0.1) is 0 Å². The minimum absolute atomic E-state index is 0.138. The lowest BCUT2D eigenvalue weighted by Crippen LogP contribution is -2.25. The van der Waals surface area contributed by atoms with Gasteiger partial charge in [0.1, 0.15) is 0 Å². The summed E-state index contributed by atoms with van der Waals surface area (Å²) in [6, 6.07) is 15.9. The minimum atomic E-state index is -0.538. The maximum Gasteiger partial charge on any atom is 0.271 e. The summed E-state index contributed by atoms with van der Waals surface area (Å²) in [6.07, 6.45) is 2.12. The number of nitrogens with zero attached hydrogens (tertiary/aromatic N) is 4. The highest BCUT2D eigenvalue weighted by Gasteiger charge is 2.18. The van der Waals surface area contributed by atoms with Crippen LogP contribution < -0.4 is 5.56 Å². The van der Waals surface area contributed by atoms with Crippen LogP contribution in [0.3, 0.4) is 0 Å². The molecule has 2 heterocycles. The van der Waals surface area contributed by atoms with Crippen LogP contribution in [0.1, 0.15) is 27.3 Å². The Kier molecular flexibility index (Phi) is 5.68. The van der Waals surface area contributed by atoms with Gasteiger partial charge in [-0.2, -0.15) is 0 Å². The number of rotatable bonds is 7. The highest BCUT2D eigenvalue weighted by atomic mass is 16.6. The fraction of sp³-hybridized carbons (Fsp3) is 0.208. The summed E-state index contributed by atoms with van der Waals surface area (Å²) in [5.41, 5.74) is 3.33. The molecule has 2 aromatic carbocycles. The third kappa shape index (κ3) is 4.07. The Balaban J connectivity index is 1.57. The van der Waals surface area contributed by atoms with Crippen LogP contribution in [0.25, 0.3) is 10.9 Å². The molecule has 0 N–H and O–H groups in total. The van der Waals surface area contributed by atoms with Crippen LogP contribution in [-0.2, 0) is 19.5 Å². The summed E-state index contributed by atoms with van der Waals surface area (Å²) in [7, 11) is 0. The van der Waals surface area contributed by atoms with Crippen molar-refractivity contribution in [3.05, 3.63) is 104 Å². The van der Waals surface area contributed by atoms with Gasteiger partial charge in [0, 0.05) is 35.6 Å². The van der Waals surface area contributed by atoms with Crippen molar-refractivity contribution >= 4 is 22.4 Å². The minimum Gasteiger partial charge on any atom is -0.348 e. The predicted octanol–water partition coefficient (Wildman–Crippen LogP) is 3.85. The van der Waals surface area contributed by atoms with Gasteiger partial charge < -0.3 is 4.57 Å². The van der Waals surface area contributed by atoms with Gasteiger partial charge in [-0.1, -0.05) is 30.3 Å². The maximum atomic E-state index is 13.0. The Morgan fingerprint density at radius 3 is 2.56 bits per heavy atom. The predicted molar refractivity (Wildman–Crippen MR) is 121 cm³/mol. The van der Waals surface area contributed by atoms with E-state index in [4.69, 9.17) is 0 Å². The van der Waals surface area contributed by atoms with Crippen LogP contribution in [0.4, 0.5) is 5.69 Å². The van der Waals surface area contributed by atoms with E-state index in [2.05, 4.69) is 21.7 Å². The van der Waals surface area contributed by atoms with Crippen molar-refractivity contribution in [1.82, 2.24) is 14.1 Å². The number of hydrogen-bond donors (Lipinski definition) is 0. The number of benzene rings is 2. The number of aryl methyl sites for hydroxylation is 2. The fourth-order valence-corrected chi connectivity index (χ4v) is 3.93. The molecular formula is C24H22N4O4. The zero-order valence-corrected chi connectivity index (χ0v) is 17.8. The quantitative estimate of drug-likeness (QED) is 0.252. The Hall–Kier alpha value is -4.07. The van der Waals surface area contributed by atoms with E-state index in [9.17, 15) is 19.7 Å². The topological polar surface area (TPSA) is 100 Å². The molecule has 0 amide bonds.